The number of aliphatic hydroxyl groups is 1. The molecule has 2 aliphatic heterocycles. The molecule has 0 unspecified atom stereocenters. The zero-order chi connectivity index (χ0) is 19.6. The minimum absolute atomic E-state index is 0.0250. The number of carbonyl (C=O) groups is 4. The standard InChI is InChI=1S/C18H19N3O6/c1-27-18(26)13-10-20(7-8-22)17(25)16(13)19-11-3-2-4-12(9-11)21-14(23)5-6-15(21)24/h2-4,9,19,22H,5-8,10H2,1H3. The lowest BCUT2D eigenvalue weighted by molar-refractivity contribution is -0.136. The van der Waals surface area contributed by atoms with Gasteiger partial charge in [0.05, 0.1) is 31.5 Å². The molecule has 1 fully saturated rings. The number of ether oxygens (including phenoxy) is 1. The van der Waals surface area contributed by atoms with Gasteiger partial charge in [-0.2, -0.15) is 0 Å². The van der Waals surface area contributed by atoms with Crippen LogP contribution in [0.4, 0.5) is 11.4 Å². The van der Waals surface area contributed by atoms with E-state index < -0.39 is 11.9 Å². The molecule has 3 rings (SSSR count). The van der Waals surface area contributed by atoms with E-state index in [0.717, 1.165) is 4.90 Å². The lowest BCUT2D eigenvalue weighted by atomic mass is 10.2. The number of hydrogen-bond acceptors (Lipinski definition) is 7. The molecular formula is C18H19N3O6. The fourth-order valence-electron chi connectivity index (χ4n) is 3.08. The molecule has 1 aromatic carbocycles. The molecule has 0 saturated carbocycles. The Labute approximate surface area is 155 Å². The number of imide groups is 1. The molecule has 0 radical (unpaired) electrons. The highest BCUT2D eigenvalue weighted by Gasteiger charge is 2.35. The van der Waals surface area contributed by atoms with Gasteiger partial charge in [-0.05, 0) is 18.2 Å². The highest BCUT2D eigenvalue weighted by molar-refractivity contribution is 6.20. The van der Waals surface area contributed by atoms with Crippen LogP contribution in [0.15, 0.2) is 35.5 Å². The first kappa shape index (κ1) is 18.6. The summed E-state index contributed by atoms with van der Waals surface area (Å²) < 4.78 is 4.73. The Morgan fingerprint density at radius 2 is 1.93 bits per heavy atom. The highest BCUT2D eigenvalue weighted by Crippen LogP contribution is 2.28. The Morgan fingerprint density at radius 1 is 1.22 bits per heavy atom. The molecule has 142 valence electrons. The van der Waals surface area contributed by atoms with E-state index in [9.17, 15) is 19.2 Å². The number of benzene rings is 1. The van der Waals surface area contributed by atoms with Gasteiger partial charge in [0, 0.05) is 25.1 Å². The lowest BCUT2D eigenvalue weighted by Gasteiger charge is -2.17. The molecule has 2 aliphatic rings. The summed E-state index contributed by atoms with van der Waals surface area (Å²) in [5.74, 6) is -1.65. The summed E-state index contributed by atoms with van der Waals surface area (Å²) in [4.78, 5) is 50.8. The van der Waals surface area contributed by atoms with Crippen LogP contribution in [-0.2, 0) is 23.9 Å². The maximum absolute atomic E-state index is 12.5. The average Bonchev–Trinajstić information content (AvgIpc) is 3.15. The van der Waals surface area contributed by atoms with Gasteiger partial charge in [0.15, 0.2) is 0 Å². The van der Waals surface area contributed by atoms with Gasteiger partial charge in [-0.25, -0.2) is 4.79 Å². The van der Waals surface area contributed by atoms with Gasteiger partial charge in [-0.15, -0.1) is 0 Å². The number of nitrogens with zero attached hydrogens (tertiary/aromatic N) is 2. The van der Waals surface area contributed by atoms with Crippen molar-refractivity contribution in [3.63, 3.8) is 0 Å². The summed E-state index contributed by atoms with van der Waals surface area (Å²) in [6.45, 7) is -0.124. The minimum Gasteiger partial charge on any atom is -0.466 e. The molecule has 1 aromatic rings. The first-order chi connectivity index (χ1) is 13.0. The van der Waals surface area contributed by atoms with Crippen molar-refractivity contribution in [3.05, 3.63) is 35.5 Å². The van der Waals surface area contributed by atoms with Crippen LogP contribution in [0.25, 0.3) is 0 Å². The van der Waals surface area contributed by atoms with Crippen LogP contribution < -0.4 is 10.2 Å². The fourth-order valence-corrected chi connectivity index (χ4v) is 3.08. The van der Waals surface area contributed by atoms with E-state index in [2.05, 4.69) is 5.32 Å². The van der Waals surface area contributed by atoms with E-state index in [1.165, 1.54) is 12.0 Å². The van der Waals surface area contributed by atoms with Crippen LogP contribution in [0.3, 0.4) is 0 Å². The number of aliphatic hydroxyl groups excluding tert-OH is 1. The first-order valence-electron chi connectivity index (χ1n) is 8.40. The second-order valence-corrected chi connectivity index (χ2v) is 6.09. The van der Waals surface area contributed by atoms with Crippen molar-refractivity contribution in [1.29, 1.82) is 0 Å². The molecule has 0 aromatic heterocycles. The lowest BCUT2D eigenvalue weighted by Crippen LogP contribution is -2.31. The van der Waals surface area contributed by atoms with Crippen molar-refractivity contribution >= 4 is 35.1 Å². The fraction of sp³-hybridized carbons (Fsp3) is 0.333. The zero-order valence-corrected chi connectivity index (χ0v) is 14.7. The zero-order valence-electron chi connectivity index (χ0n) is 14.7. The quantitative estimate of drug-likeness (QED) is 0.533. The predicted molar refractivity (Wildman–Crippen MR) is 94.5 cm³/mol. The smallest absolute Gasteiger partial charge is 0.337 e. The number of carbonyl (C=O) groups excluding carboxylic acids is 4. The van der Waals surface area contributed by atoms with E-state index in [4.69, 9.17) is 9.84 Å². The van der Waals surface area contributed by atoms with Crippen LogP contribution in [0.5, 0.6) is 0 Å². The minimum atomic E-state index is -0.646. The molecule has 27 heavy (non-hydrogen) atoms. The van der Waals surface area contributed by atoms with Crippen molar-refractivity contribution in [2.24, 2.45) is 0 Å². The third-order valence-corrected chi connectivity index (χ3v) is 4.38. The number of amides is 3. The molecular weight excluding hydrogens is 354 g/mol. The molecule has 9 heteroatoms. The van der Waals surface area contributed by atoms with Crippen LogP contribution >= 0.6 is 0 Å². The molecule has 9 nitrogen and oxygen atoms in total. The van der Waals surface area contributed by atoms with Crippen molar-refractivity contribution in [2.45, 2.75) is 12.8 Å². The number of nitrogens with one attached hydrogen (secondary N) is 1. The van der Waals surface area contributed by atoms with Crippen LogP contribution in [0, 0.1) is 0 Å². The van der Waals surface area contributed by atoms with Gasteiger partial charge in [-0.1, -0.05) is 6.07 Å². The van der Waals surface area contributed by atoms with Gasteiger partial charge in [-0.3, -0.25) is 19.3 Å². The Balaban J connectivity index is 1.89. The molecule has 0 bridgehead atoms. The Hall–Kier alpha value is -3.20. The van der Waals surface area contributed by atoms with E-state index in [0.29, 0.717) is 11.4 Å². The number of rotatable bonds is 6. The topological polar surface area (TPSA) is 116 Å². The summed E-state index contributed by atoms with van der Waals surface area (Å²) >= 11 is 0. The van der Waals surface area contributed by atoms with Gasteiger partial charge in [0.2, 0.25) is 11.8 Å². The van der Waals surface area contributed by atoms with Crippen LogP contribution in [0.1, 0.15) is 12.8 Å². The van der Waals surface area contributed by atoms with E-state index >= 15 is 0 Å². The summed E-state index contributed by atoms with van der Waals surface area (Å²) in [6.07, 6.45) is 0.339. The number of methoxy groups -OCH3 is 1. The first-order valence-corrected chi connectivity index (χ1v) is 8.40. The Bertz CT molecular complexity index is 831. The van der Waals surface area contributed by atoms with E-state index in [1.807, 2.05) is 0 Å². The molecule has 2 heterocycles. The number of β-amino-alcohol motifs (C(OH)–C–C–N with tert-alkyl or cyclic N) is 1. The van der Waals surface area contributed by atoms with Crippen LogP contribution in [-0.4, -0.2) is 60.5 Å². The number of anilines is 2. The van der Waals surface area contributed by atoms with Gasteiger partial charge in [0.25, 0.3) is 5.91 Å². The van der Waals surface area contributed by atoms with Crippen molar-refractivity contribution in [1.82, 2.24) is 4.90 Å². The second-order valence-electron chi connectivity index (χ2n) is 6.09. The number of esters is 1. The van der Waals surface area contributed by atoms with E-state index in [-0.39, 0.29) is 55.6 Å². The highest BCUT2D eigenvalue weighted by atomic mass is 16.5. The van der Waals surface area contributed by atoms with Gasteiger partial charge >= 0.3 is 5.97 Å². The monoisotopic (exact) mass is 373 g/mol. The number of hydrogen-bond donors (Lipinski definition) is 2. The van der Waals surface area contributed by atoms with Crippen molar-refractivity contribution < 1.29 is 29.0 Å². The Kier molecular flexibility index (Phi) is 5.22. The van der Waals surface area contributed by atoms with Gasteiger partial charge in [0.1, 0.15) is 5.70 Å². The molecule has 0 aliphatic carbocycles. The van der Waals surface area contributed by atoms with Gasteiger partial charge < -0.3 is 20.1 Å². The largest absolute Gasteiger partial charge is 0.466 e. The van der Waals surface area contributed by atoms with E-state index in [1.54, 1.807) is 24.3 Å². The third kappa shape index (κ3) is 3.54. The summed E-state index contributed by atoms with van der Waals surface area (Å²) in [7, 11) is 1.22. The molecule has 0 atom stereocenters. The summed E-state index contributed by atoms with van der Waals surface area (Å²) in [6, 6.07) is 6.47. The maximum atomic E-state index is 12.5. The molecule has 2 N–H and O–H groups in total. The van der Waals surface area contributed by atoms with Crippen molar-refractivity contribution in [3.8, 4) is 0 Å². The Morgan fingerprint density at radius 3 is 2.56 bits per heavy atom. The SMILES string of the molecule is COC(=O)C1=C(Nc2cccc(N3C(=O)CCC3=O)c2)C(=O)N(CCO)C1. The second kappa shape index (κ2) is 7.58. The molecule has 3 amide bonds. The van der Waals surface area contributed by atoms with Crippen molar-refractivity contribution in [2.75, 3.05) is 37.0 Å². The third-order valence-electron chi connectivity index (χ3n) is 4.38. The predicted octanol–water partition coefficient (Wildman–Crippen LogP) is 0.0135. The summed E-state index contributed by atoms with van der Waals surface area (Å²) in [5.41, 5.74) is 1.03. The summed E-state index contributed by atoms with van der Waals surface area (Å²) in [5, 5.41) is 12.0. The maximum Gasteiger partial charge on any atom is 0.337 e. The normalized spacial score (nSPS) is 17.2. The average molecular weight is 373 g/mol. The van der Waals surface area contributed by atoms with Crippen LogP contribution in [0.2, 0.25) is 0 Å². The molecule has 1 saturated heterocycles. The molecule has 0 spiro atoms.